The van der Waals surface area contributed by atoms with Crippen molar-refractivity contribution in [2.24, 2.45) is 5.92 Å². The molecule has 1 saturated carbocycles. The van der Waals surface area contributed by atoms with Gasteiger partial charge in [0.1, 0.15) is 17.2 Å². The van der Waals surface area contributed by atoms with Gasteiger partial charge in [0.2, 0.25) is 5.43 Å². The van der Waals surface area contributed by atoms with Crippen molar-refractivity contribution >= 4 is 11.8 Å². The Balaban J connectivity index is 1.49. The highest BCUT2D eigenvalue weighted by molar-refractivity contribution is 5.99. The lowest BCUT2D eigenvalue weighted by atomic mass is 9.99. The highest BCUT2D eigenvalue weighted by atomic mass is 19.1. The molecule has 30 heavy (non-hydrogen) atoms. The molecule has 2 aliphatic heterocycles. The van der Waals surface area contributed by atoms with Gasteiger partial charge in [0.15, 0.2) is 11.4 Å². The third kappa shape index (κ3) is 2.64. The molecule has 0 spiro atoms. The maximum Gasteiger partial charge on any atom is 0.274 e. The number of aromatic hydroxyl groups is 1. The van der Waals surface area contributed by atoms with Gasteiger partial charge in [-0.15, -0.1) is 0 Å². The molecule has 3 aliphatic rings. The molecule has 2 fully saturated rings. The average molecular weight is 415 g/mol. The number of hydrogen-bond acceptors (Lipinski definition) is 4. The number of amides is 2. The highest BCUT2D eigenvalue weighted by Crippen LogP contribution is 2.48. The van der Waals surface area contributed by atoms with E-state index in [1.807, 2.05) is 0 Å². The summed E-state index contributed by atoms with van der Waals surface area (Å²) in [6.07, 6.45) is 3.95. The summed E-state index contributed by atoms with van der Waals surface area (Å²) in [7, 11) is 0. The van der Waals surface area contributed by atoms with Crippen LogP contribution in [0.2, 0.25) is 0 Å². The zero-order valence-electron chi connectivity index (χ0n) is 15.9. The Morgan fingerprint density at radius 2 is 2.00 bits per heavy atom. The zero-order chi connectivity index (χ0) is 21.2. The van der Waals surface area contributed by atoms with Crippen molar-refractivity contribution in [3.05, 3.63) is 63.1 Å². The molecule has 3 atom stereocenters. The molecule has 3 heterocycles. The van der Waals surface area contributed by atoms with Crippen molar-refractivity contribution in [3.8, 4) is 5.75 Å². The van der Waals surface area contributed by atoms with Crippen LogP contribution >= 0.6 is 0 Å². The maximum atomic E-state index is 13.8. The Morgan fingerprint density at radius 1 is 1.20 bits per heavy atom. The van der Waals surface area contributed by atoms with Gasteiger partial charge in [0.05, 0.1) is 12.1 Å². The minimum Gasteiger partial charge on any atom is -0.503 e. The van der Waals surface area contributed by atoms with Crippen LogP contribution in [-0.4, -0.2) is 39.0 Å². The van der Waals surface area contributed by atoms with Crippen molar-refractivity contribution in [2.75, 3.05) is 6.54 Å². The Kier molecular flexibility index (Phi) is 4.16. The van der Waals surface area contributed by atoms with Gasteiger partial charge in [0.25, 0.3) is 11.8 Å². The van der Waals surface area contributed by atoms with Crippen LogP contribution in [0, 0.1) is 17.6 Å². The topological polar surface area (TPSA) is 91.6 Å². The second-order valence-corrected chi connectivity index (χ2v) is 8.08. The number of rotatable bonds is 3. The number of carbonyl (C=O) groups is 2. The molecule has 0 unspecified atom stereocenters. The fourth-order valence-corrected chi connectivity index (χ4v) is 5.14. The summed E-state index contributed by atoms with van der Waals surface area (Å²) in [6, 6.07) is 2.89. The summed E-state index contributed by atoms with van der Waals surface area (Å²) >= 11 is 0. The summed E-state index contributed by atoms with van der Waals surface area (Å²) in [4.78, 5) is 39.9. The molecule has 1 saturated heterocycles. The van der Waals surface area contributed by atoms with E-state index in [1.165, 1.54) is 12.3 Å². The van der Waals surface area contributed by atoms with Gasteiger partial charge in [-0.05, 0) is 31.2 Å². The van der Waals surface area contributed by atoms with Gasteiger partial charge in [-0.1, -0.05) is 6.07 Å². The lowest BCUT2D eigenvalue weighted by Crippen LogP contribution is -2.48. The predicted octanol–water partition coefficient (Wildman–Crippen LogP) is 1.94. The number of aromatic nitrogens is 1. The number of nitrogens with zero attached hydrogens (tertiary/aromatic N) is 2. The van der Waals surface area contributed by atoms with Gasteiger partial charge in [-0.3, -0.25) is 14.4 Å². The minimum atomic E-state index is -0.945. The average Bonchev–Trinajstić information content (AvgIpc) is 3.31. The van der Waals surface area contributed by atoms with Crippen molar-refractivity contribution in [1.82, 2.24) is 14.8 Å². The smallest absolute Gasteiger partial charge is 0.274 e. The first-order valence-corrected chi connectivity index (χ1v) is 9.88. The minimum absolute atomic E-state index is 0.0103. The lowest BCUT2D eigenvalue weighted by Gasteiger charge is -2.38. The van der Waals surface area contributed by atoms with E-state index >= 15 is 0 Å². The number of carbonyl (C=O) groups excluding carboxylic acids is 2. The van der Waals surface area contributed by atoms with E-state index in [9.17, 15) is 28.3 Å². The normalized spacial score (nSPS) is 24.0. The third-order valence-corrected chi connectivity index (χ3v) is 6.54. The van der Waals surface area contributed by atoms with Gasteiger partial charge in [-0.25, -0.2) is 8.78 Å². The van der Waals surface area contributed by atoms with Crippen molar-refractivity contribution < 1.29 is 23.5 Å². The van der Waals surface area contributed by atoms with E-state index in [0.717, 1.165) is 25.3 Å². The van der Waals surface area contributed by atoms with Crippen molar-refractivity contribution in [2.45, 2.75) is 37.9 Å². The Bertz CT molecular complexity index is 1150. The van der Waals surface area contributed by atoms with Crippen molar-refractivity contribution in [1.29, 1.82) is 0 Å². The summed E-state index contributed by atoms with van der Waals surface area (Å²) in [5.74, 6) is -3.10. The first-order chi connectivity index (χ1) is 14.4. The molecule has 2 N–H and O–H groups in total. The fourth-order valence-electron chi connectivity index (χ4n) is 5.14. The van der Waals surface area contributed by atoms with Crippen LogP contribution in [0.4, 0.5) is 8.78 Å². The predicted molar refractivity (Wildman–Crippen MR) is 101 cm³/mol. The largest absolute Gasteiger partial charge is 0.503 e. The third-order valence-electron chi connectivity index (χ3n) is 6.54. The molecular weight excluding hydrogens is 396 g/mol. The quantitative estimate of drug-likeness (QED) is 0.802. The van der Waals surface area contributed by atoms with Gasteiger partial charge in [-0.2, -0.15) is 0 Å². The lowest BCUT2D eigenvalue weighted by molar-refractivity contribution is 0.0609. The summed E-state index contributed by atoms with van der Waals surface area (Å²) < 4.78 is 28.4. The first kappa shape index (κ1) is 18.8. The molecule has 7 nitrogen and oxygen atoms in total. The fraction of sp³-hybridized carbons (Fsp3) is 0.381. The van der Waals surface area contributed by atoms with Gasteiger partial charge < -0.3 is 19.9 Å². The zero-order valence-corrected chi connectivity index (χ0v) is 15.9. The van der Waals surface area contributed by atoms with Crippen molar-refractivity contribution in [3.63, 3.8) is 0 Å². The van der Waals surface area contributed by atoms with Crippen LogP contribution in [0.5, 0.6) is 5.75 Å². The van der Waals surface area contributed by atoms with E-state index in [2.05, 4.69) is 5.32 Å². The molecular formula is C21H19F2N3O4. The van der Waals surface area contributed by atoms with Gasteiger partial charge >= 0.3 is 0 Å². The van der Waals surface area contributed by atoms with E-state index in [-0.39, 0.29) is 35.4 Å². The Morgan fingerprint density at radius 3 is 2.77 bits per heavy atom. The van der Waals surface area contributed by atoms with Crippen LogP contribution in [0.15, 0.2) is 29.2 Å². The Hall–Kier alpha value is -3.23. The van der Waals surface area contributed by atoms with E-state index in [1.54, 1.807) is 9.47 Å². The summed E-state index contributed by atoms with van der Waals surface area (Å²) in [6.45, 7) is 0.345. The number of nitrogens with one attached hydrogen (secondary N) is 1. The Labute approximate surface area is 169 Å². The van der Waals surface area contributed by atoms with Crippen LogP contribution < -0.4 is 10.7 Å². The number of fused-ring (bicyclic) bond motifs is 2. The van der Waals surface area contributed by atoms with Gasteiger partial charge in [0, 0.05) is 30.9 Å². The van der Waals surface area contributed by atoms with Crippen LogP contribution in [0.1, 0.15) is 51.7 Å². The van der Waals surface area contributed by atoms with Crippen LogP contribution in [0.25, 0.3) is 0 Å². The van der Waals surface area contributed by atoms with E-state index < -0.39 is 34.6 Å². The number of halogens is 2. The van der Waals surface area contributed by atoms with Crippen LogP contribution in [-0.2, 0) is 6.54 Å². The highest BCUT2D eigenvalue weighted by Gasteiger charge is 2.51. The molecule has 2 aromatic rings. The second-order valence-electron chi connectivity index (χ2n) is 8.08. The summed E-state index contributed by atoms with van der Waals surface area (Å²) in [5.41, 5.74) is -1.28. The molecule has 5 rings (SSSR count). The number of hydrogen-bond donors (Lipinski definition) is 2. The summed E-state index contributed by atoms with van der Waals surface area (Å²) in [5, 5.41) is 12.9. The van der Waals surface area contributed by atoms with E-state index in [0.29, 0.717) is 18.5 Å². The molecule has 2 amide bonds. The molecule has 1 aliphatic carbocycles. The molecule has 1 aromatic heterocycles. The molecule has 0 radical (unpaired) electrons. The number of pyridine rings is 1. The molecule has 0 bridgehead atoms. The SMILES string of the molecule is O=C(NCc1ccc(F)cc1F)c1cn2c(c(O)c1=O)C(=O)N1CC[C@H]3CC[C@H]2[C@H]31. The maximum absolute atomic E-state index is 13.8. The first-order valence-electron chi connectivity index (χ1n) is 9.88. The second kappa shape index (κ2) is 6.65. The monoisotopic (exact) mass is 415 g/mol. The van der Waals surface area contributed by atoms with E-state index in [4.69, 9.17) is 0 Å². The molecule has 1 aromatic carbocycles. The van der Waals surface area contributed by atoms with Crippen LogP contribution in [0.3, 0.4) is 0 Å². The standard InChI is InChI=1S/C21H19F2N3O4/c22-12-3-1-11(14(23)7-12)8-24-20(29)13-9-26-15-4-2-10-5-6-25(16(10)15)21(30)17(26)19(28)18(13)27/h1,3,7,9-10,15-16,28H,2,4-6,8H2,(H,24,29)/t10-,15+,16+/m1/s1. The molecule has 9 heteroatoms. The number of benzene rings is 1. The molecule has 156 valence electrons.